The first-order valence-corrected chi connectivity index (χ1v) is 5.93. The first-order chi connectivity index (χ1) is 7.31. The third-order valence-electron chi connectivity index (χ3n) is 2.38. The van der Waals surface area contributed by atoms with Crippen molar-refractivity contribution in [2.45, 2.75) is 5.33 Å². The fourth-order valence-electron chi connectivity index (χ4n) is 1.58. The van der Waals surface area contributed by atoms with Gasteiger partial charge in [-0.3, -0.25) is 0 Å². The normalized spacial score (nSPS) is 10.2. The fraction of sp³-hybridized carbons (Fsp3) is 0.0769. The molecule has 0 aliphatic carbocycles. The molecule has 0 saturated heterocycles. The van der Waals surface area contributed by atoms with Crippen LogP contribution in [0.3, 0.4) is 0 Å². The Hall–Kier alpha value is -1.28. The molecule has 2 aromatic carbocycles. The molecule has 0 aliphatic rings. The molecule has 2 heteroatoms. The van der Waals surface area contributed by atoms with Gasteiger partial charge in [-0.1, -0.05) is 52.3 Å². The Balaban J connectivity index is 2.49. The van der Waals surface area contributed by atoms with Gasteiger partial charge in [-0.05, 0) is 28.8 Å². The zero-order valence-electron chi connectivity index (χ0n) is 8.28. The largest absolute Gasteiger partial charge is 0.399 e. The summed E-state index contributed by atoms with van der Waals surface area (Å²) in [5.74, 6) is 0. The molecule has 0 radical (unpaired) electrons. The lowest BCUT2D eigenvalue weighted by Crippen LogP contribution is -1.87. The molecule has 0 aromatic heterocycles. The van der Waals surface area contributed by atoms with Crippen LogP contribution in [0.25, 0.3) is 11.1 Å². The molecule has 76 valence electrons. The van der Waals surface area contributed by atoms with Crippen LogP contribution < -0.4 is 5.73 Å². The zero-order chi connectivity index (χ0) is 10.7. The lowest BCUT2D eigenvalue weighted by atomic mass is 10.0. The Bertz CT molecular complexity index is 448. The van der Waals surface area contributed by atoms with E-state index >= 15 is 0 Å². The number of hydrogen-bond acceptors (Lipinski definition) is 1. The number of alkyl halides is 1. The minimum atomic E-state index is 0.801. The second-order valence-corrected chi connectivity index (χ2v) is 3.97. The van der Waals surface area contributed by atoms with Crippen molar-refractivity contribution in [1.82, 2.24) is 0 Å². The molecule has 2 rings (SSSR count). The van der Waals surface area contributed by atoms with Gasteiger partial charge in [-0.2, -0.15) is 0 Å². The highest BCUT2D eigenvalue weighted by atomic mass is 79.9. The standard InChI is InChI=1S/C13H12BrN/c14-9-11-3-1-2-4-13(11)10-5-7-12(15)8-6-10/h1-8H,9,15H2. The maximum absolute atomic E-state index is 5.67. The number of anilines is 1. The minimum Gasteiger partial charge on any atom is -0.399 e. The van der Waals surface area contributed by atoms with E-state index in [2.05, 4.69) is 52.3 Å². The number of hydrogen-bond donors (Lipinski definition) is 1. The number of halogens is 1. The summed E-state index contributed by atoms with van der Waals surface area (Å²) in [7, 11) is 0. The second kappa shape index (κ2) is 4.49. The predicted octanol–water partition coefficient (Wildman–Crippen LogP) is 3.83. The van der Waals surface area contributed by atoms with Crippen LogP contribution in [0.4, 0.5) is 5.69 Å². The summed E-state index contributed by atoms with van der Waals surface area (Å²) in [6, 6.07) is 16.3. The summed E-state index contributed by atoms with van der Waals surface area (Å²) < 4.78 is 0. The average Bonchev–Trinajstić information content (AvgIpc) is 2.30. The summed E-state index contributed by atoms with van der Waals surface area (Å²) in [6.07, 6.45) is 0. The molecule has 0 atom stereocenters. The van der Waals surface area contributed by atoms with Crippen molar-refractivity contribution in [3.63, 3.8) is 0 Å². The Labute approximate surface area is 98.1 Å². The topological polar surface area (TPSA) is 26.0 Å². The molecular formula is C13H12BrN. The number of benzene rings is 2. The van der Waals surface area contributed by atoms with E-state index in [1.54, 1.807) is 0 Å². The Morgan fingerprint density at radius 2 is 1.60 bits per heavy atom. The zero-order valence-corrected chi connectivity index (χ0v) is 9.87. The first kappa shape index (κ1) is 10.2. The van der Waals surface area contributed by atoms with Gasteiger partial charge in [-0.25, -0.2) is 0 Å². The SMILES string of the molecule is Nc1ccc(-c2ccccc2CBr)cc1. The monoisotopic (exact) mass is 261 g/mol. The Kier molecular flexibility index (Phi) is 3.07. The second-order valence-electron chi connectivity index (χ2n) is 3.41. The lowest BCUT2D eigenvalue weighted by Gasteiger charge is -2.07. The number of nitrogen functional groups attached to an aromatic ring is 1. The molecule has 15 heavy (non-hydrogen) atoms. The van der Waals surface area contributed by atoms with Crippen molar-refractivity contribution in [2.75, 3.05) is 5.73 Å². The van der Waals surface area contributed by atoms with Crippen molar-refractivity contribution in [2.24, 2.45) is 0 Å². The average molecular weight is 262 g/mol. The van der Waals surface area contributed by atoms with Crippen LogP contribution >= 0.6 is 15.9 Å². The third kappa shape index (κ3) is 2.21. The quantitative estimate of drug-likeness (QED) is 0.646. The van der Waals surface area contributed by atoms with Gasteiger partial charge in [0.15, 0.2) is 0 Å². The molecule has 0 fully saturated rings. The summed E-state index contributed by atoms with van der Waals surface area (Å²) in [5, 5.41) is 0.869. The van der Waals surface area contributed by atoms with Gasteiger partial charge in [0.2, 0.25) is 0 Å². The van der Waals surface area contributed by atoms with Gasteiger partial charge in [0.1, 0.15) is 0 Å². The smallest absolute Gasteiger partial charge is 0.0314 e. The van der Waals surface area contributed by atoms with E-state index in [-0.39, 0.29) is 0 Å². The molecule has 0 spiro atoms. The molecule has 0 unspecified atom stereocenters. The predicted molar refractivity (Wildman–Crippen MR) is 68.9 cm³/mol. The molecule has 0 aliphatic heterocycles. The summed E-state index contributed by atoms with van der Waals surface area (Å²) in [6.45, 7) is 0. The van der Waals surface area contributed by atoms with Gasteiger partial charge in [0.05, 0.1) is 0 Å². The van der Waals surface area contributed by atoms with Gasteiger partial charge in [-0.15, -0.1) is 0 Å². The maximum atomic E-state index is 5.67. The van der Waals surface area contributed by atoms with Gasteiger partial charge in [0.25, 0.3) is 0 Å². The van der Waals surface area contributed by atoms with Crippen molar-refractivity contribution in [1.29, 1.82) is 0 Å². The Morgan fingerprint density at radius 1 is 0.933 bits per heavy atom. The summed E-state index contributed by atoms with van der Waals surface area (Å²) in [4.78, 5) is 0. The lowest BCUT2D eigenvalue weighted by molar-refractivity contribution is 1.43. The maximum Gasteiger partial charge on any atom is 0.0314 e. The molecule has 2 N–H and O–H groups in total. The van der Waals surface area contributed by atoms with Crippen LogP contribution in [0.5, 0.6) is 0 Å². The van der Waals surface area contributed by atoms with Crippen LogP contribution in [0, 0.1) is 0 Å². The molecule has 1 nitrogen and oxygen atoms in total. The molecule has 2 aromatic rings. The van der Waals surface area contributed by atoms with E-state index in [1.807, 2.05) is 12.1 Å². The van der Waals surface area contributed by atoms with Gasteiger partial charge < -0.3 is 5.73 Å². The number of nitrogens with two attached hydrogens (primary N) is 1. The highest BCUT2D eigenvalue weighted by Gasteiger charge is 2.02. The van der Waals surface area contributed by atoms with Crippen LogP contribution in [-0.4, -0.2) is 0 Å². The van der Waals surface area contributed by atoms with E-state index < -0.39 is 0 Å². The van der Waals surface area contributed by atoms with E-state index in [4.69, 9.17) is 5.73 Å². The van der Waals surface area contributed by atoms with Crippen molar-refractivity contribution in [3.8, 4) is 11.1 Å². The van der Waals surface area contributed by atoms with E-state index in [1.165, 1.54) is 16.7 Å². The summed E-state index contributed by atoms with van der Waals surface area (Å²) in [5.41, 5.74) is 10.2. The Morgan fingerprint density at radius 3 is 2.27 bits per heavy atom. The van der Waals surface area contributed by atoms with E-state index in [9.17, 15) is 0 Å². The van der Waals surface area contributed by atoms with Gasteiger partial charge in [0, 0.05) is 11.0 Å². The minimum absolute atomic E-state index is 0.801. The van der Waals surface area contributed by atoms with E-state index in [0.29, 0.717) is 0 Å². The van der Waals surface area contributed by atoms with Crippen LogP contribution in [0.15, 0.2) is 48.5 Å². The van der Waals surface area contributed by atoms with Crippen molar-refractivity contribution >= 4 is 21.6 Å². The molecular weight excluding hydrogens is 250 g/mol. The van der Waals surface area contributed by atoms with E-state index in [0.717, 1.165) is 11.0 Å². The van der Waals surface area contributed by atoms with Gasteiger partial charge >= 0.3 is 0 Å². The first-order valence-electron chi connectivity index (χ1n) is 4.81. The fourth-order valence-corrected chi connectivity index (χ4v) is 2.07. The molecule has 0 amide bonds. The third-order valence-corrected chi connectivity index (χ3v) is 2.99. The number of rotatable bonds is 2. The van der Waals surface area contributed by atoms with Crippen LogP contribution in [-0.2, 0) is 5.33 Å². The van der Waals surface area contributed by atoms with Crippen molar-refractivity contribution < 1.29 is 0 Å². The molecule has 0 bridgehead atoms. The van der Waals surface area contributed by atoms with Crippen molar-refractivity contribution in [3.05, 3.63) is 54.1 Å². The summed E-state index contributed by atoms with van der Waals surface area (Å²) >= 11 is 3.50. The highest BCUT2D eigenvalue weighted by molar-refractivity contribution is 9.08. The highest BCUT2D eigenvalue weighted by Crippen LogP contribution is 2.25. The molecule has 0 saturated carbocycles. The molecule has 0 heterocycles. The van der Waals surface area contributed by atoms with Crippen LogP contribution in [0.1, 0.15) is 5.56 Å². The van der Waals surface area contributed by atoms with Crippen LogP contribution in [0.2, 0.25) is 0 Å².